The lowest BCUT2D eigenvalue weighted by Gasteiger charge is -2.18. The highest BCUT2D eigenvalue weighted by Gasteiger charge is 2.19. The van der Waals surface area contributed by atoms with Crippen LogP contribution >= 0.6 is 0 Å². The van der Waals surface area contributed by atoms with E-state index in [1.807, 2.05) is 0 Å². The maximum atomic E-state index is 6.05. The van der Waals surface area contributed by atoms with Crippen LogP contribution in [-0.2, 0) is 6.54 Å². The second-order valence-electron chi connectivity index (χ2n) is 6.20. The lowest BCUT2D eigenvalue weighted by Crippen LogP contribution is -2.37. The molecular formula is C19H25N2O+. The fraction of sp³-hybridized carbons (Fsp3) is 0.421. The van der Waals surface area contributed by atoms with Crippen molar-refractivity contribution in [1.82, 2.24) is 0 Å². The molecule has 3 rings (SSSR count). The van der Waals surface area contributed by atoms with E-state index in [2.05, 4.69) is 72.0 Å². The van der Waals surface area contributed by atoms with Crippen LogP contribution in [0.5, 0.6) is 5.88 Å². The molecule has 2 aromatic rings. The third-order valence-electron chi connectivity index (χ3n) is 4.00. The number of nitrogens with zero attached hydrogens (tertiary/aromatic N) is 2. The van der Waals surface area contributed by atoms with E-state index >= 15 is 0 Å². The maximum Gasteiger partial charge on any atom is 0.370 e. The highest BCUT2D eigenvalue weighted by atomic mass is 16.5. The first-order chi connectivity index (χ1) is 10.7. The fourth-order valence-electron chi connectivity index (χ4n) is 2.92. The van der Waals surface area contributed by atoms with Crippen LogP contribution in [0.1, 0.15) is 32.3 Å². The van der Waals surface area contributed by atoms with E-state index in [-0.39, 0.29) is 6.10 Å². The van der Waals surface area contributed by atoms with Gasteiger partial charge in [-0.1, -0.05) is 30.3 Å². The average Bonchev–Trinajstić information content (AvgIpc) is 3.04. The zero-order chi connectivity index (χ0) is 15.4. The van der Waals surface area contributed by atoms with Crippen LogP contribution in [0.25, 0.3) is 0 Å². The molecule has 0 bridgehead atoms. The Morgan fingerprint density at radius 3 is 2.50 bits per heavy atom. The van der Waals surface area contributed by atoms with E-state index < -0.39 is 0 Å². The van der Waals surface area contributed by atoms with Gasteiger partial charge >= 0.3 is 5.88 Å². The Bertz CT molecular complexity index is 604. The van der Waals surface area contributed by atoms with Crippen LogP contribution in [0.4, 0.5) is 5.69 Å². The van der Waals surface area contributed by atoms with Gasteiger partial charge in [0.05, 0.1) is 17.9 Å². The van der Waals surface area contributed by atoms with Crippen molar-refractivity contribution in [2.24, 2.45) is 0 Å². The Balaban J connectivity index is 1.87. The first kappa shape index (κ1) is 14.9. The molecule has 22 heavy (non-hydrogen) atoms. The van der Waals surface area contributed by atoms with Crippen molar-refractivity contribution in [3.8, 4) is 5.88 Å². The van der Waals surface area contributed by atoms with Crippen LogP contribution in [0.2, 0.25) is 0 Å². The molecule has 1 fully saturated rings. The van der Waals surface area contributed by atoms with Crippen LogP contribution in [-0.4, -0.2) is 19.2 Å². The van der Waals surface area contributed by atoms with Crippen molar-refractivity contribution < 1.29 is 9.30 Å². The van der Waals surface area contributed by atoms with Gasteiger partial charge in [-0.25, -0.2) is 0 Å². The van der Waals surface area contributed by atoms with Crippen LogP contribution in [0, 0.1) is 0 Å². The van der Waals surface area contributed by atoms with Crippen LogP contribution in [0.3, 0.4) is 0 Å². The Morgan fingerprint density at radius 2 is 1.82 bits per heavy atom. The molecule has 0 unspecified atom stereocenters. The summed E-state index contributed by atoms with van der Waals surface area (Å²) in [5.41, 5.74) is 2.56. The van der Waals surface area contributed by atoms with Gasteiger partial charge < -0.3 is 9.64 Å². The normalized spacial score (nSPS) is 14.6. The molecule has 1 aromatic heterocycles. The third-order valence-corrected chi connectivity index (χ3v) is 4.00. The van der Waals surface area contributed by atoms with Gasteiger partial charge in [0, 0.05) is 24.7 Å². The molecule has 1 aliphatic heterocycles. The van der Waals surface area contributed by atoms with Gasteiger partial charge in [-0.2, -0.15) is 4.57 Å². The molecule has 0 amide bonds. The molecule has 116 valence electrons. The second-order valence-corrected chi connectivity index (χ2v) is 6.20. The minimum absolute atomic E-state index is 0.177. The monoisotopic (exact) mass is 297 g/mol. The molecule has 1 saturated heterocycles. The zero-order valence-corrected chi connectivity index (χ0v) is 13.5. The lowest BCUT2D eigenvalue weighted by atomic mass is 10.2. The summed E-state index contributed by atoms with van der Waals surface area (Å²) < 4.78 is 8.24. The summed E-state index contributed by atoms with van der Waals surface area (Å²) in [5, 5.41) is 0. The smallest absolute Gasteiger partial charge is 0.370 e. The SMILES string of the molecule is CC(C)Oc1cc(N2CCCC2)cc[n+]1Cc1ccccc1. The topological polar surface area (TPSA) is 16.4 Å². The fourth-order valence-corrected chi connectivity index (χ4v) is 2.92. The average molecular weight is 297 g/mol. The first-order valence-electron chi connectivity index (χ1n) is 8.21. The van der Waals surface area contributed by atoms with Gasteiger partial charge in [0.15, 0.2) is 12.7 Å². The minimum atomic E-state index is 0.177. The molecule has 1 aromatic carbocycles. The summed E-state index contributed by atoms with van der Waals surface area (Å²) in [7, 11) is 0. The zero-order valence-electron chi connectivity index (χ0n) is 13.5. The number of pyridine rings is 1. The Kier molecular flexibility index (Phi) is 4.62. The number of anilines is 1. The first-order valence-corrected chi connectivity index (χ1v) is 8.21. The predicted molar refractivity (Wildman–Crippen MR) is 89.4 cm³/mol. The summed E-state index contributed by atoms with van der Waals surface area (Å²) in [5.74, 6) is 0.947. The molecular weight excluding hydrogens is 272 g/mol. The van der Waals surface area contributed by atoms with Gasteiger partial charge in [-0.3, -0.25) is 0 Å². The molecule has 2 heterocycles. The lowest BCUT2D eigenvalue weighted by molar-refractivity contribution is -0.694. The van der Waals surface area contributed by atoms with Gasteiger partial charge in [0.2, 0.25) is 0 Å². The summed E-state index contributed by atoms with van der Waals surface area (Å²) in [4.78, 5) is 2.44. The predicted octanol–water partition coefficient (Wildman–Crippen LogP) is 3.41. The van der Waals surface area contributed by atoms with E-state index in [1.165, 1.54) is 24.1 Å². The van der Waals surface area contributed by atoms with E-state index in [0.29, 0.717) is 0 Å². The molecule has 1 aliphatic rings. The summed E-state index contributed by atoms with van der Waals surface area (Å²) >= 11 is 0. The molecule has 0 saturated carbocycles. The molecule has 0 atom stereocenters. The van der Waals surface area contributed by atoms with E-state index in [4.69, 9.17) is 4.74 Å². The van der Waals surface area contributed by atoms with Crippen molar-refractivity contribution in [3.63, 3.8) is 0 Å². The molecule has 3 heteroatoms. The van der Waals surface area contributed by atoms with Gasteiger partial charge in [0.1, 0.15) is 0 Å². The highest BCUT2D eigenvalue weighted by molar-refractivity contribution is 5.47. The Labute approximate surface area is 133 Å². The number of aromatic nitrogens is 1. The van der Waals surface area contributed by atoms with Crippen LogP contribution in [0.15, 0.2) is 48.7 Å². The van der Waals surface area contributed by atoms with E-state index in [9.17, 15) is 0 Å². The molecule has 0 aliphatic carbocycles. The Morgan fingerprint density at radius 1 is 1.09 bits per heavy atom. The van der Waals surface area contributed by atoms with E-state index in [1.54, 1.807) is 0 Å². The number of hydrogen-bond acceptors (Lipinski definition) is 2. The molecule has 0 N–H and O–H groups in total. The summed E-state index contributed by atoms with van der Waals surface area (Å²) in [6.07, 6.45) is 4.91. The number of benzene rings is 1. The van der Waals surface area contributed by atoms with Crippen molar-refractivity contribution in [1.29, 1.82) is 0 Å². The number of hydrogen-bond donors (Lipinski definition) is 0. The second kappa shape index (κ2) is 6.82. The van der Waals surface area contributed by atoms with E-state index in [0.717, 1.165) is 25.5 Å². The summed E-state index contributed by atoms with van der Waals surface area (Å²) in [6.45, 7) is 7.31. The quantitative estimate of drug-likeness (QED) is 0.786. The molecule has 3 nitrogen and oxygen atoms in total. The van der Waals surface area contributed by atoms with Gasteiger partial charge in [-0.05, 0) is 26.7 Å². The summed E-state index contributed by atoms with van der Waals surface area (Å²) in [6, 6.07) is 14.9. The van der Waals surface area contributed by atoms with Crippen LogP contribution < -0.4 is 14.2 Å². The number of ether oxygens (including phenoxy) is 1. The standard InChI is InChI=1S/C19H25N2O/c1-16(2)22-19-14-18(20-11-6-7-12-20)10-13-21(19)15-17-8-4-3-5-9-17/h3-5,8-10,13-14,16H,6-7,11-12,15H2,1-2H3/q+1. The number of rotatable bonds is 5. The minimum Gasteiger partial charge on any atom is -0.442 e. The molecule has 0 radical (unpaired) electrons. The van der Waals surface area contributed by atoms with Crippen molar-refractivity contribution in [2.75, 3.05) is 18.0 Å². The van der Waals surface area contributed by atoms with Crippen molar-refractivity contribution in [2.45, 2.75) is 39.3 Å². The largest absolute Gasteiger partial charge is 0.442 e. The van der Waals surface area contributed by atoms with Crippen molar-refractivity contribution >= 4 is 5.69 Å². The Hall–Kier alpha value is -2.03. The van der Waals surface area contributed by atoms with Crippen molar-refractivity contribution in [3.05, 3.63) is 54.2 Å². The highest BCUT2D eigenvalue weighted by Crippen LogP contribution is 2.23. The third kappa shape index (κ3) is 3.59. The van der Waals surface area contributed by atoms with Gasteiger partial charge in [0.25, 0.3) is 0 Å². The molecule has 0 spiro atoms. The maximum absolute atomic E-state index is 6.05. The van der Waals surface area contributed by atoms with Gasteiger partial charge in [-0.15, -0.1) is 0 Å².